The topological polar surface area (TPSA) is 86.9 Å². The summed E-state index contributed by atoms with van der Waals surface area (Å²) in [5, 5.41) is 9.42. The second-order valence-electron chi connectivity index (χ2n) is 5.12. The maximum Gasteiger partial charge on any atom is 0.254 e. The highest BCUT2D eigenvalue weighted by Gasteiger charge is 2.24. The fraction of sp³-hybridized carbons (Fsp3) is 0.467. The van der Waals surface area contributed by atoms with Crippen LogP contribution in [-0.2, 0) is 4.79 Å². The number of nitrogens with zero attached hydrogens (tertiary/aromatic N) is 2. The third kappa shape index (κ3) is 4.61. The van der Waals surface area contributed by atoms with E-state index >= 15 is 0 Å². The van der Waals surface area contributed by atoms with Crippen LogP contribution in [0.15, 0.2) is 24.3 Å². The van der Waals surface area contributed by atoms with E-state index in [1.54, 1.807) is 21.9 Å². The summed E-state index contributed by atoms with van der Waals surface area (Å²) in [4.78, 5) is 27.7. The van der Waals surface area contributed by atoms with Crippen LogP contribution >= 0.6 is 12.4 Å². The number of phenolic OH excluding ortho intramolecular Hbond substituents is 1. The summed E-state index contributed by atoms with van der Waals surface area (Å²) in [7, 11) is 0. The zero-order chi connectivity index (χ0) is 15.2. The third-order valence-corrected chi connectivity index (χ3v) is 3.61. The number of hydrogen-bond donors (Lipinski definition) is 2. The Hall–Kier alpha value is -1.79. The number of hydrogen-bond acceptors (Lipinski definition) is 4. The van der Waals surface area contributed by atoms with Gasteiger partial charge in [0.25, 0.3) is 5.91 Å². The second kappa shape index (κ2) is 8.60. The summed E-state index contributed by atoms with van der Waals surface area (Å²) in [6.45, 7) is 2.65. The number of piperazine rings is 1. The molecular formula is C15H22ClN3O3. The summed E-state index contributed by atoms with van der Waals surface area (Å²) in [5.41, 5.74) is 5.87. The smallest absolute Gasteiger partial charge is 0.254 e. The van der Waals surface area contributed by atoms with E-state index in [9.17, 15) is 14.7 Å². The third-order valence-electron chi connectivity index (χ3n) is 3.61. The Bertz CT molecular complexity index is 517. The van der Waals surface area contributed by atoms with E-state index in [1.165, 1.54) is 12.1 Å². The first-order valence-electron chi connectivity index (χ1n) is 7.18. The predicted molar refractivity (Wildman–Crippen MR) is 86.1 cm³/mol. The average Bonchev–Trinajstić information content (AvgIpc) is 2.52. The summed E-state index contributed by atoms with van der Waals surface area (Å²) in [6, 6.07) is 6.32. The number of phenols is 1. The van der Waals surface area contributed by atoms with Crippen LogP contribution in [0, 0.1) is 0 Å². The number of carbonyl (C=O) groups excluding carboxylic acids is 2. The van der Waals surface area contributed by atoms with Gasteiger partial charge in [0.15, 0.2) is 0 Å². The van der Waals surface area contributed by atoms with E-state index in [0.29, 0.717) is 51.1 Å². The summed E-state index contributed by atoms with van der Waals surface area (Å²) in [5.74, 6) is 0.0707. The van der Waals surface area contributed by atoms with E-state index in [-0.39, 0.29) is 30.0 Å². The van der Waals surface area contributed by atoms with Crippen molar-refractivity contribution in [2.45, 2.75) is 12.8 Å². The molecule has 2 amide bonds. The van der Waals surface area contributed by atoms with Gasteiger partial charge in [0.1, 0.15) is 5.75 Å². The van der Waals surface area contributed by atoms with Crippen molar-refractivity contribution in [3.8, 4) is 5.75 Å². The Morgan fingerprint density at radius 2 is 1.77 bits per heavy atom. The maximum atomic E-state index is 12.3. The molecule has 0 bridgehead atoms. The largest absolute Gasteiger partial charge is 0.508 e. The molecule has 0 aliphatic carbocycles. The van der Waals surface area contributed by atoms with E-state index in [1.807, 2.05) is 0 Å². The number of nitrogens with two attached hydrogens (primary N) is 1. The van der Waals surface area contributed by atoms with Crippen molar-refractivity contribution in [1.29, 1.82) is 0 Å². The quantitative estimate of drug-likeness (QED) is 0.858. The normalized spacial score (nSPS) is 14.4. The van der Waals surface area contributed by atoms with E-state index in [0.717, 1.165) is 0 Å². The lowest BCUT2D eigenvalue weighted by molar-refractivity contribution is -0.132. The molecule has 6 nitrogen and oxygen atoms in total. The van der Waals surface area contributed by atoms with Crippen LogP contribution < -0.4 is 5.73 Å². The van der Waals surface area contributed by atoms with Crippen molar-refractivity contribution in [2.75, 3.05) is 32.7 Å². The highest BCUT2D eigenvalue weighted by atomic mass is 35.5. The van der Waals surface area contributed by atoms with E-state index < -0.39 is 0 Å². The summed E-state index contributed by atoms with van der Waals surface area (Å²) < 4.78 is 0. The van der Waals surface area contributed by atoms with Gasteiger partial charge in [-0.05, 0) is 31.2 Å². The van der Waals surface area contributed by atoms with Crippen LogP contribution in [0.25, 0.3) is 0 Å². The summed E-state index contributed by atoms with van der Waals surface area (Å²) in [6.07, 6.45) is 1.16. The molecule has 1 aliphatic heterocycles. The first kappa shape index (κ1) is 18.3. The number of carbonyl (C=O) groups is 2. The molecule has 122 valence electrons. The van der Waals surface area contributed by atoms with Crippen molar-refractivity contribution in [1.82, 2.24) is 9.80 Å². The minimum absolute atomic E-state index is 0. The van der Waals surface area contributed by atoms with Crippen molar-refractivity contribution in [3.63, 3.8) is 0 Å². The maximum absolute atomic E-state index is 12.3. The molecule has 0 unspecified atom stereocenters. The SMILES string of the molecule is Cl.NCCCC(=O)N1CCN(C(=O)c2cccc(O)c2)CC1. The van der Waals surface area contributed by atoms with Gasteiger partial charge in [0, 0.05) is 38.2 Å². The molecule has 1 aromatic carbocycles. The first-order chi connectivity index (χ1) is 10.1. The Balaban J connectivity index is 0.00000242. The molecule has 3 N–H and O–H groups in total. The van der Waals surface area contributed by atoms with Crippen LogP contribution in [0.3, 0.4) is 0 Å². The number of benzene rings is 1. The van der Waals surface area contributed by atoms with E-state index in [2.05, 4.69) is 0 Å². The Labute approximate surface area is 136 Å². The van der Waals surface area contributed by atoms with Gasteiger partial charge in [0.05, 0.1) is 0 Å². The molecule has 1 saturated heterocycles. The fourth-order valence-corrected chi connectivity index (χ4v) is 2.39. The van der Waals surface area contributed by atoms with Crippen molar-refractivity contribution in [3.05, 3.63) is 29.8 Å². The Morgan fingerprint density at radius 3 is 2.36 bits per heavy atom. The minimum Gasteiger partial charge on any atom is -0.508 e. The van der Waals surface area contributed by atoms with Crippen LogP contribution in [-0.4, -0.2) is 59.4 Å². The molecule has 7 heteroatoms. The molecule has 0 radical (unpaired) electrons. The minimum atomic E-state index is -0.111. The lowest BCUT2D eigenvalue weighted by Crippen LogP contribution is -2.50. The molecule has 0 spiro atoms. The predicted octanol–water partition coefficient (Wildman–Crippen LogP) is 0.837. The van der Waals surface area contributed by atoms with Gasteiger partial charge in [-0.15, -0.1) is 12.4 Å². The van der Waals surface area contributed by atoms with Crippen LogP contribution in [0.4, 0.5) is 0 Å². The average molecular weight is 328 g/mol. The zero-order valence-electron chi connectivity index (χ0n) is 12.4. The van der Waals surface area contributed by atoms with Gasteiger partial charge in [-0.3, -0.25) is 9.59 Å². The van der Waals surface area contributed by atoms with Crippen molar-refractivity contribution >= 4 is 24.2 Å². The number of rotatable bonds is 4. The van der Waals surface area contributed by atoms with Gasteiger partial charge in [-0.25, -0.2) is 0 Å². The van der Waals surface area contributed by atoms with Gasteiger partial charge < -0.3 is 20.6 Å². The fourth-order valence-electron chi connectivity index (χ4n) is 2.39. The lowest BCUT2D eigenvalue weighted by atomic mass is 10.1. The van der Waals surface area contributed by atoms with Gasteiger partial charge in [-0.1, -0.05) is 6.07 Å². The molecular weight excluding hydrogens is 306 g/mol. The number of amides is 2. The molecule has 22 heavy (non-hydrogen) atoms. The molecule has 0 saturated carbocycles. The summed E-state index contributed by atoms with van der Waals surface area (Å²) >= 11 is 0. The van der Waals surface area contributed by atoms with Crippen molar-refractivity contribution < 1.29 is 14.7 Å². The molecule has 0 atom stereocenters. The van der Waals surface area contributed by atoms with Gasteiger partial charge >= 0.3 is 0 Å². The lowest BCUT2D eigenvalue weighted by Gasteiger charge is -2.35. The first-order valence-corrected chi connectivity index (χ1v) is 7.18. The van der Waals surface area contributed by atoms with Gasteiger partial charge in [-0.2, -0.15) is 0 Å². The molecule has 2 rings (SSSR count). The number of aromatic hydroxyl groups is 1. The van der Waals surface area contributed by atoms with E-state index in [4.69, 9.17) is 5.73 Å². The molecule has 1 heterocycles. The zero-order valence-corrected chi connectivity index (χ0v) is 13.2. The highest BCUT2D eigenvalue weighted by molar-refractivity contribution is 5.94. The van der Waals surface area contributed by atoms with Crippen LogP contribution in [0.2, 0.25) is 0 Å². The Morgan fingerprint density at radius 1 is 1.14 bits per heavy atom. The van der Waals surface area contributed by atoms with Crippen molar-refractivity contribution in [2.24, 2.45) is 5.73 Å². The Kier molecular flexibility index (Phi) is 7.14. The molecule has 1 fully saturated rings. The highest BCUT2D eigenvalue weighted by Crippen LogP contribution is 2.14. The van der Waals surface area contributed by atoms with Crippen LogP contribution in [0.5, 0.6) is 5.75 Å². The second-order valence-corrected chi connectivity index (χ2v) is 5.12. The number of halogens is 1. The molecule has 0 aromatic heterocycles. The monoisotopic (exact) mass is 327 g/mol. The molecule has 1 aromatic rings. The van der Waals surface area contributed by atoms with Crippen LogP contribution in [0.1, 0.15) is 23.2 Å². The molecule has 1 aliphatic rings. The van der Waals surface area contributed by atoms with Gasteiger partial charge in [0.2, 0.25) is 5.91 Å². The standard InChI is InChI=1S/C15H21N3O3.ClH/c16-6-2-5-14(20)17-7-9-18(10-8-17)15(21)12-3-1-4-13(19)11-12;/h1,3-4,11,19H,2,5-10,16H2;1H.